The Labute approximate surface area is 145 Å². The number of nitrogens with one attached hydrogen (secondary N) is 1. The van der Waals surface area contributed by atoms with Crippen LogP contribution in [0.1, 0.15) is 5.56 Å². The van der Waals surface area contributed by atoms with Crippen molar-refractivity contribution in [3.63, 3.8) is 0 Å². The number of rotatable bonds is 5. The summed E-state index contributed by atoms with van der Waals surface area (Å²) in [6.07, 6.45) is 0. The third kappa shape index (κ3) is 3.83. The Morgan fingerprint density at radius 2 is 1.61 bits per heavy atom. The van der Waals surface area contributed by atoms with E-state index >= 15 is 0 Å². The van der Waals surface area contributed by atoms with E-state index in [-0.39, 0.29) is 21.4 Å². The lowest BCUT2D eigenvalue weighted by Crippen LogP contribution is -2.14. The number of aryl methyl sites for hydroxylation is 1. The Morgan fingerprint density at radius 3 is 2.17 bits per heavy atom. The molecule has 0 heterocycles. The topological polar surface area (TPSA) is 64.6 Å². The lowest BCUT2D eigenvalue weighted by atomic mass is 10.2. The molecular weight excluding hydrogens is 361 g/mol. The fourth-order valence-electron chi connectivity index (χ4n) is 1.96. The summed E-state index contributed by atoms with van der Waals surface area (Å²) in [6.45, 7) is 1.82. The monoisotopic (exact) mass is 375 g/mol. The molecule has 124 valence electrons. The zero-order valence-electron chi connectivity index (χ0n) is 12.7. The van der Waals surface area contributed by atoms with E-state index in [1.807, 2.05) is 6.92 Å². The number of benzene rings is 2. The van der Waals surface area contributed by atoms with Crippen LogP contribution in [0.5, 0.6) is 11.5 Å². The highest BCUT2D eigenvalue weighted by molar-refractivity contribution is 7.92. The SMILES string of the molecule is COc1cc(NS(=O)(=O)c2ccc(C)cc2Cl)c(OC)cc1Cl. The summed E-state index contributed by atoms with van der Waals surface area (Å²) in [5, 5.41) is 0.443. The van der Waals surface area contributed by atoms with Crippen LogP contribution in [0.3, 0.4) is 0 Å². The maximum atomic E-state index is 12.6. The molecule has 0 saturated carbocycles. The second-order valence-corrected chi connectivity index (χ2v) is 7.19. The molecule has 0 saturated heterocycles. The molecule has 0 spiro atoms. The molecular formula is C15H15Cl2NO4S. The smallest absolute Gasteiger partial charge is 0.263 e. The third-order valence-corrected chi connectivity index (χ3v) is 5.24. The van der Waals surface area contributed by atoms with Crippen LogP contribution in [-0.2, 0) is 10.0 Å². The summed E-state index contributed by atoms with van der Waals surface area (Å²) in [7, 11) is -1.05. The molecule has 0 atom stereocenters. The molecule has 0 aromatic heterocycles. The van der Waals surface area contributed by atoms with Gasteiger partial charge in [0.15, 0.2) is 0 Å². The molecule has 23 heavy (non-hydrogen) atoms. The Kier molecular flexibility index (Phi) is 5.29. The number of sulfonamides is 1. The van der Waals surface area contributed by atoms with Crippen molar-refractivity contribution < 1.29 is 17.9 Å². The van der Waals surface area contributed by atoms with E-state index in [1.54, 1.807) is 12.1 Å². The standard InChI is InChI=1S/C15H15Cl2NO4S/c1-9-4-5-15(11(17)6-9)23(19,20)18-12-8-13(21-2)10(16)7-14(12)22-3/h4-8,18H,1-3H3. The van der Waals surface area contributed by atoms with E-state index in [0.717, 1.165) is 5.56 Å². The first-order chi connectivity index (χ1) is 10.8. The molecule has 0 bridgehead atoms. The number of halogens is 2. The molecule has 0 amide bonds. The van der Waals surface area contributed by atoms with Crippen molar-refractivity contribution in [1.82, 2.24) is 0 Å². The lowest BCUT2D eigenvalue weighted by Gasteiger charge is -2.15. The molecule has 5 nitrogen and oxygen atoms in total. The van der Waals surface area contributed by atoms with Crippen LogP contribution in [0.4, 0.5) is 5.69 Å². The molecule has 2 rings (SSSR count). The van der Waals surface area contributed by atoms with Gasteiger partial charge in [-0.05, 0) is 24.6 Å². The first-order valence-corrected chi connectivity index (χ1v) is 8.73. The van der Waals surface area contributed by atoms with Gasteiger partial charge in [-0.3, -0.25) is 4.72 Å². The molecule has 1 N–H and O–H groups in total. The average Bonchev–Trinajstić information content (AvgIpc) is 2.47. The van der Waals surface area contributed by atoms with Gasteiger partial charge in [0, 0.05) is 12.1 Å². The van der Waals surface area contributed by atoms with Gasteiger partial charge in [0.2, 0.25) is 0 Å². The molecule has 0 fully saturated rings. The predicted molar refractivity (Wildman–Crippen MR) is 91.6 cm³/mol. The van der Waals surface area contributed by atoms with Gasteiger partial charge in [0.05, 0.1) is 30.0 Å². The highest BCUT2D eigenvalue weighted by Gasteiger charge is 2.21. The molecule has 0 aliphatic carbocycles. The van der Waals surface area contributed by atoms with Crippen LogP contribution >= 0.6 is 23.2 Å². The van der Waals surface area contributed by atoms with Crippen molar-refractivity contribution >= 4 is 38.9 Å². The second-order valence-electron chi connectivity index (χ2n) is 4.73. The van der Waals surface area contributed by atoms with Crippen LogP contribution < -0.4 is 14.2 Å². The molecule has 2 aromatic carbocycles. The Hall–Kier alpha value is -1.63. The van der Waals surface area contributed by atoms with Gasteiger partial charge >= 0.3 is 0 Å². The first kappa shape index (κ1) is 17.7. The zero-order valence-corrected chi connectivity index (χ0v) is 15.0. The van der Waals surface area contributed by atoms with E-state index in [9.17, 15) is 8.42 Å². The number of anilines is 1. The largest absolute Gasteiger partial charge is 0.495 e. The van der Waals surface area contributed by atoms with Crippen LogP contribution in [0, 0.1) is 6.92 Å². The van der Waals surface area contributed by atoms with E-state index in [2.05, 4.69) is 4.72 Å². The molecule has 0 aliphatic heterocycles. The van der Waals surface area contributed by atoms with Gasteiger partial charge in [-0.1, -0.05) is 29.3 Å². The Morgan fingerprint density at radius 1 is 0.957 bits per heavy atom. The normalized spacial score (nSPS) is 11.2. The maximum Gasteiger partial charge on any atom is 0.263 e. The van der Waals surface area contributed by atoms with Gasteiger partial charge in [-0.2, -0.15) is 0 Å². The van der Waals surface area contributed by atoms with Crippen LogP contribution in [0.25, 0.3) is 0 Å². The first-order valence-electron chi connectivity index (χ1n) is 6.49. The summed E-state index contributed by atoms with van der Waals surface area (Å²) in [5.74, 6) is 0.586. The van der Waals surface area contributed by atoms with Crippen molar-refractivity contribution in [3.8, 4) is 11.5 Å². The quantitative estimate of drug-likeness (QED) is 0.853. The minimum Gasteiger partial charge on any atom is -0.495 e. The van der Waals surface area contributed by atoms with E-state index in [4.69, 9.17) is 32.7 Å². The number of hydrogen-bond donors (Lipinski definition) is 1. The summed E-state index contributed by atoms with van der Waals surface area (Å²) in [5.41, 5.74) is 1.06. The van der Waals surface area contributed by atoms with Crippen molar-refractivity contribution in [2.24, 2.45) is 0 Å². The predicted octanol–water partition coefficient (Wildman–Crippen LogP) is 4.12. The van der Waals surface area contributed by atoms with Crippen molar-refractivity contribution in [3.05, 3.63) is 45.9 Å². The highest BCUT2D eigenvalue weighted by Crippen LogP contribution is 2.37. The van der Waals surface area contributed by atoms with Gasteiger partial charge in [0.25, 0.3) is 10.0 Å². The lowest BCUT2D eigenvalue weighted by molar-refractivity contribution is 0.405. The number of methoxy groups -OCH3 is 2. The van der Waals surface area contributed by atoms with Gasteiger partial charge < -0.3 is 9.47 Å². The van der Waals surface area contributed by atoms with Gasteiger partial charge in [0.1, 0.15) is 16.4 Å². The Bertz CT molecular complexity index is 838. The van der Waals surface area contributed by atoms with Gasteiger partial charge in [-0.25, -0.2) is 8.42 Å². The number of hydrogen-bond acceptors (Lipinski definition) is 4. The maximum absolute atomic E-state index is 12.6. The zero-order chi connectivity index (χ0) is 17.2. The Balaban J connectivity index is 2.48. The molecule has 0 radical (unpaired) electrons. The van der Waals surface area contributed by atoms with Crippen molar-refractivity contribution in [2.45, 2.75) is 11.8 Å². The highest BCUT2D eigenvalue weighted by atomic mass is 35.5. The van der Waals surface area contributed by atoms with E-state index < -0.39 is 10.0 Å². The van der Waals surface area contributed by atoms with Crippen LogP contribution in [-0.4, -0.2) is 22.6 Å². The van der Waals surface area contributed by atoms with E-state index in [1.165, 1.54) is 32.4 Å². The van der Waals surface area contributed by atoms with E-state index in [0.29, 0.717) is 10.8 Å². The third-order valence-electron chi connectivity index (χ3n) is 3.10. The fraction of sp³-hybridized carbons (Fsp3) is 0.200. The van der Waals surface area contributed by atoms with Crippen molar-refractivity contribution in [2.75, 3.05) is 18.9 Å². The summed E-state index contributed by atoms with van der Waals surface area (Å²) in [4.78, 5) is -0.0271. The van der Waals surface area contributed by atoms with Crippen molar-refractivity contribution in [1.29, 1.82) is 0 Å². The summed E-state index contributed by atoms with van der Waals surface area (Å²) in [6, 6.07) is 7.60. The van der Waals surface area contributed by atoms with Crippen LogP contribution in [0.15, 0.2) is 35.2 Å². The average molecular weight is 376 g/mol. The summed E-state index contributed by atoms with van der Waals surface area (Å²) < 4.78 is 37.8. The van der Waals surface area contributed by atoms with Crippen LogP contribution in [0.2, 0.25) is 10.0 Å². The molecule has 8 heteroatoms. The second kappa shape index (κ2) is 6.86. The molecule has 0 unspecified atom stereocenters. The fourth-order valence-corrected chi connectivity index (χ4v) is 3.86. The minimum atomic E-state index is -3.89. The summed E-state index contributed by atoms with van der Waals surface area (Å²) >= 11 is 12.0. The number of ether oxygens (including phenoxy) is 2. The molecule has 2 aromatic rings. The minimum absolute atomic E-state index is 0.0271. The van der Waals surface area contributed by atoms with Gasteiger partial charge in [-0.15, -0.1) is 0 Å². The molecule has 0 aliphatic rings.